The molecule has 1 N–H and O–H groups in total. The molecule has 0 aliphatic heterocycles. The standard InChI is InChI=1S/C13H15N3O2/c1-4-18-13(17)11(6-14)8-16-12-10(3)5-9(2)7-15-12/h5,7-8H,4H2,1-3H3,(H,15,16). The highest BCUT2D eigenvalue weighted by atomic mass is 16.5. The number of aryl methyl sites for hydroxylation is 2. The summed E-state index contributed by atoms with van der Waals surface area (Å²) < 4.78 is 4.74. The van der Waals surface area contributed by atoms with Crippen molar-refractivity contribution < 1.29 is 9.53 Å². The maximum atomic E-state index is 11.4. The zero-order chi connectivity index (χ0) is 13.5. The molecule has 18 heavy (non-hydrogen) atoms. The van der Waals surface area contributed by atoms with Gasteiger partial charge in [-0.25, -0.2) is 9.78 Å². The van der Waals surface area contributed by atoms with E-state index in [1.54, 1.807) is 19.2 Å². The Morgan fingerprint density at radius 1 is 1.61 bits per heavy atom. The Morgan fingerprint density at radius 2 is 2.33 bits per heavy atom. The molecule has 0 saturated carbocycles. The Hall–Kier alpha value is -2.35. The zero-order valence-electron chi connectivity index (χ0n) is 10.7. The first kappa shape index (κ1) is 13.7. The summed E-state index contributed by atoms with van der Waals surface area (Å²) in [6.45, 7) is 5.76. The quantitative estimate of drug-likeness (QED) is 0.499. The Balaban J connectivity index is 2.84. The summed E-state index contributed by atoms with van der Waals surface area (Å²) in [6.07, 6.45) is 3.02. The molecule has 0 bridgehead atoms. The summed E-state index contributed by atoms with van der Waals surface area (Å²) in [7, 11) is 0. The number of esters is 1. The highest BCUT2D eigenvalue weighted by Gasteiger charge is 2.09. The number of hydrogen-bond acceptors (Lipinski definition) is 5. The Kier molecular flexibility index (Phi) is 4.88. The van der Waals surface area contributed by atoms with Crippen LogP contribution < -0.4 is 5.32 Å². The topological polar surface area (TPSA) is 75.0 Å². The first-order chi connectivity index (χ1) is 8.58. The number of carbonyl (C=O) groups excluding carboxylic acids is 1. The van der Waals surface area contributed by atoms with Crippen molar-refractivity contribution in [2.24, 2.45) is 0 Å². The number of nitriles is 1. The van der Waals surface area contributed by atoms with E-state index in [2.05, 4.69) is 10.3 Å². The predicted octanol–water partition coefficient (Wildman–Crippen LogP) is 2.08. The second-order valence-electron chi connectivity index (χ2n) is 3.71. The first-order valence-corrected chi connectivity index (χ1v) is 5.55. The molecule has 0 fully saturated rings. The molecule has 0 amide bonds. The van der Waals surface area contributed by atoms with Crippen LogP contribution in [0.4, 0.5) is 5.82 Å². The lowest BCUT2D eigenvalue weighted by atomic mass is 10.2. The number of pyridine rings is 1. The second-order valence-corrected chi connectivity index (χ2v) is 3.71. The van der Waals surface area contributed by atoms with Gasteiger partial charge in [0.25, 0.3) is 0 Å². The van der Waals surface area contributed by atoms with Gasteiger partial charge in [0.05, 0.1) is 6.61 Å². The van der Waals surface area contributed by atoms with E-state index in [4.69, 9.17) is 10.00 Å². The molecule has 0 unspecified atom stereocenters. The van der Waals surface area contributed by atoms with Crippen LogP contribution in [0, 0.1) is 25.2 Å². The molecule has 0 spiro atoms. The van der Waals surface area contributed by atoms with Gasteiger partial charge in [-0.3, -0.25) is 0 Å². The van der Waals surface area contributed by atoms with Gasteiger partial charge < -0.3 is 10.1 Å². The molecular formula is C13H15N3O2. The van der Waals surface area contributed by atoms with Crippen molar-refractivity contribution in [2.45, 2.75) is 20.8 Å². The number of ether oxygens (including phenoxy) is 1. The summed E-state index contributed by atoms with van der Waals surface area (Å²) in [5.74, 6) is -0.0325. The SMILES string of the molecule is CCOC(=O)C(C#N)=CNc1ncc(C)cc1C. The van der Waals surface area contributed by atoms with Crippen LogP contribution in [0.3, 0.4) is 0 Å². The van der Waals surface area contributed by atoms with Gasteiger partial charge in [0.2, 0.25) is 0 Å². The van der Waals surface area contributed by atoms with Gasteiger partial charge in [-0.1, -0.05) is 6.07 Å². The monoisotopic (exact) mass is 245 g/mol. The largest absolute Gasteiger partial charge is 0.462 e. The maximum Gasteiger partial charge on any atom is 0.350 e. The molecule has 1 rings (SSSR count). The molecule has 0 aliphatic rings. The van der Waals surface area contributed by atoms with Crippen LogP contribution in [0.25, 0.3) is 0 Å². The van der Waals surface area contributed by atoms with Gasteiger partial charge in [-0.2, -0.15) is 5.26 Å². The van der Waals surface area contributed by atoms with E-state index in [0.29, 0.717) is 5.82 Å². The van der Waals surface area contributed by atoms with E-state index in [0.717, 1.165) is 11.1 Å². The third-order valence-electron chi connectivity index (χ3n) is 2.18. The van der Waals surface area contributed by atoms with Crippen LogP contribution in [-0.4, -0.2) is 17.6 Å². The van der Waals surface area contributed by atoms with Crippen LogP contribution in [-0.2, 0) is 9.53 Å². The molecule has 0 saturated heterocycles. The third kappa shape index (κ3) is 3.59. The van der Waals surface area contributed by atoms with Crippen molar-refractivity contribution in [3.8, 4) is 6.07 Å². The van der Waals surface area contributed by atoms with Crippen molar-refractivity contribution in [3.63, 3.8) is 0 Å². The fourth-order valence-electron chi connectivity index (χ4n) is 1.35. The Labute approximate surface area is 106 Å². The van der Waals surface area contributed by atoms with Crippen molar-refractivity contribution >= 4 is 11.8 Å². The average Bonchev–Trinajstić information content (AvgIpc) is 2.32. The number of anilines is 1. The molecule has 0 aromatic carbocycles. The lowest BCUT2D eigenvalue weighted by Crippen LogP contribution is -2.08. The number of nitrogens with zero attached hydrogens (tertiary/aromatic N) is 2. The van der Waals surface area contributed by atoms with Crippen molar-refractivity contribution in [3.05, 3.63) is 35.2 Å². The van der Waals surface area contributed by atoms with E-state index in [-0.39, 0.29) is 12.2 Å². The summed E-state index contributed by atoms with van der Waals surface area (Å²) >= 11 is 0. The van der Waals surface area contributed by atoms with Crippen LogP contribution >= 0.6 is 0 Å². The van der Waals surface area contributed by atoms with Gasteiger partial charge >= 0.3 is 5.97 Å². The minimum Gasteiger partial charge on any atom is -0.462 e. The molecule has 0 atom stereocenters. The van der Waals surface area contributed by atoms with Crippen LogP contribution in [0.15, 0.2) is 24.0 Å². The third-order valence-corrected chi connectivity index (χ3v) is 2.18. The molecular weight excluding hydrogens is 230 g/mol. The van der Waals surface area contributed by atoms with Crippen LogP contribution in [0.5, 0.6) is 0 Å². The molecule has 0 aliphatic carbocycles. The minimum atomic E-state index is -0.641. The normalized spacial score (nSPS) is 10.7. The van der Waals surface area contributed by atoms with Gasteiger partial charge in [0.1, 0.15) is 11.9 Å². The highest BCUT2D eigenvalue weighted by molar-refractivity contribution is 5.93. The van der Waals surface area contributed by atoms with Gasteiger partial charge in [-0.05, 0) is 31.9 Å². The van der Waals surface area contributed by atoms with Gasteiger partial charge in [-0.15, -0.1) is 0 Å². The van der Waals surface area contributed by atoms with Crippen LogP contribution in [0.1, 0.15) is 18.1 Å². The van der Waals surface area contributed by atoms with E-state index in [9.17, 15) is 4.79 Å². The Bertz CT molecular complexity index is 515. The Morgan fingerprint density at radius 3 is 2.89 bits per heavy atom. The first-order valence-electron chi connectivity index (χ1n) is 5.55. The van der Waals surface area contributed by atoms with E-state index in [1.807, 2.05) is 19.9 Å². The smallest absolute Gasteiger partial charge is 0.350 e. The molecule has 1 heterocycles. The minimum absolute atomic E-state index is 0.0846. The van der Waals surface area contributed by atoms with Gasteiger partial charge in [0.15, 0.2) is 5.57 Å². The summed E-state index contributed by atoms with van der Waals surface area (Å²) in [6, 6.07) is 3.74. The average molecular weight is 245 g/mol. The second kappa shape index (κ2) is 6.40. The number of rotatable bonds is 4. The molecule has 1 aromatic heterocycles. The van der Waals surface area contributed by atoms with Crippen molar-refractivity contribution in [1.82, 2.24) is 4.98 Å². The summed E-state index contributed by atoms with van der Waals surface area (Å²) in [5.41, 5.74) is 1.90. The lowest BCUT2D eigenvalue weighted by molar-refractivity contribution is -0.138. The fourth-order valence-corrected chi connectivity index (χ4v) is 1.35. The number of hydrogen-bond donors (Lipinski definition) is 1. The van der Waals surface area contributed by atoms with Crippen LogP contribution in [0.2, 0.25) is 0 Å². The highest BCUT2D eigenvalue weighted by Crippen LogP contribution is 2.12. The maximum absolute atomic E-state index is 11.4. The molecule has 5 nitrogen and oxygen atoms in total. The zero-order valence-corrected chi connectivity index (χ0v) is 10.7. The number of aromatic nitrogens is 1. The van der Waals surface area contributed by atoms with Gasteiger partial charge in [0, 0.05) is 12.4 Å². The predicted molar refractivity (Wildman–Crippen MR) is 67.7 cm³/mol. The number of nitrogens with one attached hydrogen (secondary N) is 1. The van der Waals surface area contributed by atoms with E-state index >= 15 is 0 Å². The molecule has 0 radical (unpaired) electrons. The lowest BCUT2D eigenvalue weighted by Gasteiger charge is -2.05. The summed E-state index contributed by atoms with van der Waals surface area (Å²) in [5, 5.41) is 11.7. The van der Waals surface area contributed by atoms with E-state index in [1.165, 1.54) is 6.20 Å². The number of carbonyl (C=O) groups is 1. The van der Waals surface area contributed by atoms with Crippen molar-refractivity contribution in [2.75, 3.05) is 11.9 Å². The molecule has 1 aromatic rings. The van der Waals surface area contributed by atoms with E-state index < -0.39 is 5.97 Å². The fraction of sp³-hybridized carbons (Fsp3) is 0.308. The molecule has 94 valence electrons. The van der Waals surface area contributed by atoms with Crippen molar-refractivity contribution in [1.29, 1.82) is 5.26 Å². The molecule has 5 heteroatoms. The summed E-state index contributed by atoms with van der Waals surface area (Å²) in [4.78, 5) is 15.5.